The lowest BCUT2D eigenvalue weighted by atomic mass is 10.1. The molecule has 1 aliphatic rings. The Morgan fingerprint density at radius 3 is 2.85 bits per heavy atom. The van der Waals surface area contributed by atoms with Crippen molar-refractivity contribution in [1.82, 2.24) is 19.6 Å². The monoisotopic (exact) mass is 370 g/mol. The highest BCUT2D eigenvalue weighted by Crippen LogP contribution is 2.20. The number of hydrogen-bond donors (Lipinski definition) is 0. The largest absolute Gasteiger partial charge is 0.497 e. The van der Waals surface area contributed by atoms with Gasteiger partial charge < -0.3 is 14.5 Å². The average Bonchev–Trinajstić information content (AvgIpc) is 3.08. The lowest BCUT2D eigenvalue weighted by Gasteiger charge is -2.27. The Kier molecular flexibility index (Phi) is 6.11. The van der Waals surface area contributed by atoms with Crippen LogP contribution < -0.4 is 4.74 Å². The van der Waals surface area contributed by atoms with Gasteiger partial charge in [-0.15, -0.1) is 0 Å². The summed E-state index contributed by atoms with van der Waals surface area (Å²) in [6, 6.07) is 9.14. The third kappa shape index (κ3) is 4.67. The molecule has 2 heterocycles. The van der Waals surface area contributed by atoms with Crippen molar-refractivity contribution in [3.63, 3.8) is 0 Å². The van der Waals surface area contributed by atoms with Crippen molar-refractivity contribution in [2.24, 2.45) is 0 Å². The summed E-state index contributed by atoms with van der Waals surface area (Å²) in [5.74, 6) is 0.724. The summed E-state index contributed by atoms with van der Waals surface area (Å²) >= 11 is 0. The van der Waals surface area contributed by atoms with Gasteiger partial charge in [-0.1, -0.05) is 6.07 Å². The minimum atomic E-state index is -0.0183. The molecule has 1 aromatic heterocycles. The van der Waals surface area contributed by atoms with Crippen LogP contribution in [-0.4, -0.2) is 64.7 Å². The van der Waals surface area contributed by atoms with Gasteiger partial charge in [0.1, 0.15) is 12.3 Å². The fraction of sp³-hybridized carbons (Fsp3) is 0.450. The number of amides is 2. The second-order valence-corrected chi connectivity index (χ2v) is 6.82. The number of ether oxygens (including phenoxy) is 1. The van der Waals surface area contributed by atoms with Gasteiger partial charge in [-0.3, -0.25) is 14.3 Å². The molecule has 0 bridgehead atoms. The van der Waals surface area contributed by atoms with Gasteiger partial charge in [0, 0.05) is 44.1 Å². The van der Waals surface area contributed by atoms with E-state index in [0.29, 0.717) is 17.9 Å². The summed E-state index contributed by atoms with van der Waals surface area (Å²) in [6.45, 7) is 1.63. The van der Waals surface area contributed by atoms with E-state index in [1.54, 1.807) is 41.2 Å². The van der Waals surface area contributed by atoms with E-state index >= 15 is 0 Å². The van der Waals surface area contributed by atoms with Crippen LogP contribution in [0.3, 0.4) is 0 Å². The van der Waals surface area contributed by atoms with Gasteiger partial charge in [0.2, 0.25) is 5.91 Å². The fourth-order valence-electron chi connectivity index (χ4n) is 3.47. The van der Waals surface area contributed by atoms with Crippen molar-refractivity contribution in [2.45, 2.75) is 31.8 Å². The van der Waals surface area contributed by atoms with Crippen LogP contribution in [0.15, 0.2) is 42.7 Å². The van der Waals surface area contributed by atoms with E-state index in [9.17, 15) is 9.59 Å². The quantitative estimate of drug-likeness (QED) is 0.808. The molecule has 2 aromatic rings. The second-order valence-electron chi connectivity index (χ2n) is 6.82. The van der Waals surface area contributed by atoms with E-state index in [2.05, 4.69) is 5.10 Å². The molecule has 7 heteroatoms. The van der Waals surface area contributed by atoms with Crippen molar-refractivity contribution in [1.29, 1.82) is 0 Å². The predicted molar refractivity (Wildman–Crippen MR) is 102 cm³/mol. The Bertz CT molecular complexity index is 775. The van der Waals surface area contributed by atoms with Gasteiger partial charge in [-0.25, -0.2) is 0 Å². The van der Waals surface area contributed by atoms with E-state index in [-0.39, 0.29) is 24.4 Å². The maximum absolute atomic E-state index is 12.8. The van der Waals surface area contributed by atoms with Gasteiger partial charge in [-0.05, 0) is 43.5 Å². The topological polar surface area (TPSA) is 67.7 Å². The van der Waals surface area contributed by atoms with Crippen LogP contribution in [0.4, 0.5) is 0 Å². The Balaban J connectivity index is 1.59. The zero-order valence-electron chi connectivity index (χ0n) is 15.9. The standard InChI is InChI=1S/C20H26N4O3/c1-22(20(26)16-6-3-8-18(14-16)27-2)17-7-4-11-23(13-9-17)19(25)15-24-12-5-10-21-24/h3,5-6,8,10,12,14,17H,4,7,9,11,13,15H2,1-2H3/t17-/m0/s1. The number of rotatable bonds is 5. The normalized spacial score (nSPS) is 17.3. The van der Waals surface area contributed by atoms with E-state index in [1.165, 1.54) is 0 Å². The molecule has 0 radical (unpaired) electrons. The van der Waals surface area contributed by atoms with Crippen LogP contribution in [0, 0.1) is 0 Å². The predicted octanol–water partition coefficient (Wildman–Crippen LogP) is 2.04. The van der Waals surface area contributed by atoms with Gasteiger partial charge >= 0.3 is 0 Å². The molecule has 0 unspecified atom stereocenters. The highest BCUT2D eigenvalue weighted by molar-refractivity contribution is 5.94. The summed E-state index contributed by atoms with van der Waals surface area (Å²) in [6.07, 6.45) is 6.00. The van der Waals surface area contributed by atoms with Crippen LogP contribution in [0.25, 0.3) is 0 Å². The SMILES string of the molecule is COc1cccc(C(=O)N(C)[C@H]2CCCN(C(=O)Cn3cccn3)CC2)c1. The molecule has 0 spiro atoms. The van der Waals surface area contributed by atoms with Crippen molar-refractivity contribution in [3.05, 3.63) is 48.3 Å². The first-order valence-corrected chi connectivity index (χ1v) is 9.25. The molecule has 27 heavy (non-hydrogen) atoms. The van der Waals surface area contributed by atoms with Crippen LogP contribution in [0.5, 0.6) is 5.75 Å². The van der Waals surface area contributed by atoms with E-state index < -0.39 is 0 Å². The van der Waals surface area contributed by atoms with Gasteiger partial charge in [0.25, 0.3) is 5.91 Å². The zero-order chi connectivity index (χ0) is 19.2. The van der Waals surface area contributed by atoms with Gasteiger partial charge in [-0.2, -0.15) is 5.10 Å². The summed E-state index contributed by atoms with van der Waals surface area (Å²) in [4.78, 5) is 29.0. The van der Waals surface area contributed by atoms with Gasteiger partial charge in [0.15, 0.2) is 0 Å². The minimum absolute atomic E-state index is 0.0183. The number of carbonyl (C=O) groups is 2. The molecule has 1 aromatic carbocycles. The Morgan fingerprint density at radius 1 is 1.26 bits per heavy atom. The number of nitrogens with zero attached hydrogens (tertiary/aromatic N) is 4. The molecule has 1 saturated heterocycles. The van der Waals surface area contributed by atoms with Crippen LogP contribution in [0.1, 0.15) is 29.6 Å². The Labute approximate surface area is 159 Å². The summed E-state index contributed by atoms with van der Waals surface area (Å²) in [5.41, 5.74) is 0.618. The molecule has 1 atom stereocenters. The highest BCUT2D eigenvalue weighted by atomic mass is 16.5. The van der Waals surface area contributed by atoms with Crippen LogP contribution >= 0.6 is 0 Å². The number of methoxy groups -OCH3 is 1. The molecule has 2 amide bonds. The van der Waals surface area contributed by atoms with Crippen LogP contribution in [-0.2, 0) is 11.3 Å². The second kappa shape index (κ2) is 8.70. The van der Waals surface area contributed by atoms with Crippen molar-refractivity contribution in [3.8, 4) is 5.75 Å². The van der Waals surface area contributed by atoms with Crippen LogP contribution in [0.2, 0.25) is 0 Å². The van der Waals surface area contributed by atoms with Crippen molar-refractivity contribution in [2.75, 3.05) is 27.2 Å². The molecule has 1 fully saturated rings. The third-order valence-electron chi connectivity index (χ3n) is 5.09. The maximum atomic E-state index is 12.8. The minimum Gasteiger partial charge on any atom is -0.497 e. The lowest BCUT2D eigenvalue weighted by Crippen LogP contribution is -2.39. The average molecular weight is 370 g/mol. The summed E-state index contributed by atoms with van der Waals surface area (Å²) in [7, 11) is 3.43. The third-order valence-corrected chi connectivity index (χ3v) is 5.09. The lowest BCUT2D eigenvalue weighted by molar-refractivity contribution is -0.132. The molecule has 144 valence electrons. The Morgan fingerprint density at radius 2 is 2.11 bits per heavy atom. The molecule has 7 nitrogen and oxygen atoms in total. The van der Waals surface area contributed by atoms with Gasteiger partial charge in [0.05, 0.1) is 7.11 Å². The molecular weight excluding hydrogens is 344 g/mol. The zero-order valence-corrected chi connectivity index (χ0v) is 15.9. The molecular formula is C20H26N4O3. The number of hydrogen-bond acceptors (Lipinski definition) is 4. The van der Waals surface area contributed by atoms with E-state index in [4.69, 9.17) is 4.74 Å². The van der Waals surface area contributed by atoms with E-state index in [1.807, 2.05) is 30.1 Å². The number of aromatic nitrogens is 2. The van der Waals surface area contributed by atoms with Crippen molar-refractivity contribution >= 4 is 11.8 Å². The number of likely N-dealkylation sites (tertiary alicyclic amines) is 1. The highest BCUT2D eigenvalue weighted by Gasteiger charge is 2.26. The molecule has 0 aliphatic carbocycles. The first-order valence-electron chi connectivity index (χ1n) is 9.25. The molecule has 3 rings (SSSR count). The first kappa shape index (κ1) is 18.9. The number of carbonyl (C=O) groups excluding carboxylic acids is 2. The Hall–Kier alpha value is -2.83. The smallest absolute Gasteiger partial charge is 0.253 e. The fourth-order valence-corrected chi connectivity index (χ4v) is 3.47. The summed E-state index contributed by atoms with van der Waals surface area (Å²) in [5, 5.41) is 4.09. The first-order chi connectivity index (χ1) is 13.1. The molecule has 0 N–H and O–H groups in total. The molecule has 0 saturated carbocycles. The maximum Gasteiger partial charge on any atom is 0.253 e. The van der Waals surface area contributed by atoms with Crippen molar-refractivity contribution < 1.29 is 14.3 Å². The molecule has 1 aliphatic heterocycles. The number of benzene rings is 1. The summed E-state index contributed by atoms with van der Waals surface area (Å²) < 4.78 is 6.85. The van der Waals surface area contributed by atoms with E-state index in [0.717, 1.165) is 25.8 Å².